The van der Waals surface area contributed by atoms with Gasteiger partial charge in [0.05, 0.1) is 12.7 Å². The molecule has 0 spiro atoms. The predicted octanol–water partition coefficient (Wildman–Crippen LogP) is 1.19. The van der Waals surface area contributed by atoms with E-state index in [1.54, 1.807) is 31.3 Å². The predicted molar refractivity (Wildman–Crippen MR) is 66.4 cm³/mol. The normalized spacial score (nSPS) is 10.1. The number of amides is 1. The van der Waals surface area contributed by atoms with Crippen LogP contribution in [0.5, 0.6) is 0 Å². The fourth-order valence-corrected chi connectivity index (χ4v) is 1.30. The molecule has 0 heterocycles. The van der Waals surface area contributed by atoms with Crippen LogP contribution in [0.2, 0.25) is 0 Å². The minimum Gasteiger partial charge on any atom is -0.465 e. The number of anilines is 1. The van der Waals surface area contributed by atoms with Gasteiger partial charge in [0.1, 0.15) is 6.29 Å². The molecule has 5 nitrogen and oxygen atoms in total. The number of likely N-dealkylation sites (N-methyl/N-ethyl adjacent to an activating group) is 1. The van der Waals surface area contributed by atoms with E-state index in [9.17, 15) is 14.4 Å². The summed E-state index contributed by atoms with van der Waals surface area (Å²) < 4.78 is 4.57. The van der Waals surface area contributed by atoms with Gasteiger partial charge in [-0.2, -0.15) is 0 Å². The van der Waals surface area contributed by atoms with E-state index in [4.69, 9.17) is 0 Å². The van der Waals surface area contributed by atoms with Gasteiger partial charge in [0.15, 0.2) is 0 Å². The maximum absolute atomic E-state index is 11.6. The van der Waals surface area contributed by atoms with Gasteiger partial charge in [-0.3, -0.25) is 9.59 Å². The van der Waals surface area contributed by atoms with E-state index in [1.807, 2.05) is 0 Å². The van der Waals surface area contributed by atoms with E-state index >= 15 is 0 Å². The van der Waals surface area contributed by atoms with Crippen molar-refractivity contribution < 1.29 is 19.1 Å². The van der Waals surface area contributed by atoms with Crippen molar-refractivity contribution in [2.24, 2.45) is 0 Å². The molecule has 5 heteroatoms. The zero-order valence-corrected chi connectivity index (χ0v) is 10.1. The number of hydrogen-bond donors (Lipinski definition) is 0. The number of methoxy groups -OCH3 is 1. The van der Waals surface area contributed by atoms with Crippen LogP contribution in [0.15, 0.2) is 36.4 Å². The molecule has 0 N–H and O–H groups in total. The van der Waals surface area contributed by atoms with Crippen LogP contribution in [-0.4, -0.2) is 32.3 Å². The molecule has 0 radical (unpaired) electrons. The Morgan fingerprint density at radius 3 is 2.33 bits per heavy atom. The van der Waals surface area contributed by atoms with Gasteiger partial charge < -0.3 is 9.64 Å². The molecule has 18 heavy (non-hydrogen) atoms. The Hall–Kier alpha value is -2.43. The molecule has 1 aromatic rings. The first-order valence-electron chi connectivity index (χ1n) is 5.18. The van der Waals surface area contributed by atoms with Crippen molar-refractivity contribution in [3.63, 3.8) is 0 Å². The van der Waals surface area contributed by atoms with Crippen molar-refractivity contribution in [1.29, 1.82) is 0 Å². The molecule has 0 saturated heterocycles. The molecular weight excluding hydrogens is 234 g/mol. The van der Waals surface area contributed by atoms with Crippen LogP contribution < -0.4 is 4.90 Å². The van der Waals surface area contributed by atoms with Crippen molar-refractivity contribution in [2.45, 2.75) is 0 Å². The molecule has 0 saturated carbocycles. The van der Waals surface area contributed by atoms with Crippen molar-refractivity contribution >= 4 is 23.9 Å². The van der Waals surface area contributed by atoms with E-state index in [2.05, 4.69) is 4.74 Å². The number of esters is 1. The molecular formula is C13H13NO4. The molecule has 0 aliphatic heterocycles. The molecule has 0 unspecified atom stereocenters. The Kier molecular flexibility index (Phi) is 4.80. The lowest BCUT2D eigenvalue weighted by atomic mass is 10.2. The third-order valence-corrected chi connectivity index (χ3v) is 2.32. The van der Waals surface area contributed by atoms with Crippen LogP contribution in [0.1, 0.15) is 10.4 Å². The van der Waals surface area contributed by atoms with Gasteiger partial charge in [0.2, 0.25) is 0 Å². The van der Waals surface area contributed by atoms with Crippen molar-refractivity contribution in [2.75, 3.05) is 19.1 Å². The SMILES string of the molecule is COC(=O)c1ccc(N(C)C(=O)/C=C\C=O)cc1. The maximum atomic E-state index is 11.6. The summed E-state index contributed by atoms with van der Waals surface area (Å²) in [5, 5.41) is 0. The van der Waals surface area contributed by atoms with Crippen LogP contribution in [-0.2, 0) is 14.3 Å². The summed E-state index contributed by atoms with van der Waals surface area (Å²) in [6, 6.07) is 6.38. The van der Waals surface area contributed by atoms with Gasteiger partial charge in [-0.05, 0) is 30.3 Å². The van der Waals surface area contributed by atoms with Gasteiger partial charge >= 0.3 is 5.97 Å². The fraction of sp³-hybridized carbons (Fsp3) is 0.154. The average Bonchev–Trinajstić information content (AvgIpc) is 2.43. The Balaban J connectivity index is 2.84. The molecule has 1 rings (SSSR count). The summed E-state index contributed by atoms with van der Waals surface area (Å²) >= 11 is 0. The van der Waals surface area contributed by atoms with Gasteiger partial charge in [0, 0.05) is 18.8 Å². The zero-order chi connectivity index (χ0) is 13.5. The van der Waals surface area contributed by atoms with Crippen LogP contribution in [0, 0.1) is 0 Å². The van der Waals surface area contributed by atoms with Gasteiger partial charge in [-0.1, -0.05) is 0 Å². The zero-order valence-electron chi connectivity index (χ0n) is 10.1. The second-order valence-corrected chi connectivity index (χ2v) is 3.43. The lowest BCUT2D eigenvalue weighted by Gasteiger charge is -2.15. The summed E-state index contributed by atoms with van der Waals surface area (Å²) in [6.07, 6.45) is 2.83. The average molecular weight is 247 g/mol. The highest BCUT2D eigenvalue weighted by molar-refractivity contribution is 6.02. The van der Waals surface area contributed by atoms with E-state index < -0.39 is 5.97 Å². The van der Waals surface area contributed by atoms with E-state index in [0.717, 1.165) is 6.08 Å². The minimum atomic E-state index is -0.434. The minimum absolute atomic E-state index is 0.326. The molecule has 0 aromatic heterocycles. The van der Waals surface area contributed by atoms with Crippen LogP contribution in [0.25, 0.3) is 0 Å². The monoisotopic (exact) mass is 247 g/mol. The van der Waals surface area contributed by atoms with E-state index in [-0.39, 0.29) is 5.91 Å². The third kappa shape index (κ3) is 3.28. The van der Waals surface area contributed by atoms with Crippen LogP contribution in [0.4, 0.5) is 5.69 Å². The topological polar surface area (TPSA) is 63.7 Å². The molecule has 0 atom stereocenters. The number of ether oxygens (including phenoxy) is 1. The summed E-state index contributed by atoms with van der Waals surface area (Å²) in [6.45, 7) is 0. The lowest BCUT2D eigenvalue weighted by molar-refractivity contribution is -0.114. The molecule has 0 bridgehead atoms. The van der Waals surface area contributed by atoms with E-state index in [0.29, 0.717) is 17.5 Å². The number of benzene rings is 1. The molecule has 0 aliphatic rings. The highest BCUT2D eigenvalue weighted by Crippen LogP contribution is 2.14. The smallest absolute Gasteiger partial charge is 0.337 e. The third-order valence-electron chi connectivity index (χ3n) is 2.32. The number of carbonyl (C=O) groups excluding carboxylic acids is 3. The summed E-state index contributed by atoms with van der Waals surface area (Å²) in [4.78, 5) is 34.3. The standard InChI is InChI=1S/C13H13NO4/c1-14(12(16)4-3-9-15)11-7-5-10(6-8-11)13(17)18-2/h3-9H,1-2H3/b4-3-. The Morgan fingerprint density at radius 2 is 1.83 bits per heavy atom. The largest absolute Gasteiger partial charge is 0.465 e. The van der Waals surface area contributed by atoms with Crippen LogP contribution >= 0.6 is 0 Å². The number of nitrogens with zero attached hydrogens (tertiary/aromatic N) is 1. The first-order chi connectivity index (χ1) is 8.60. The highest BCUT2D eigenvalue weighted by atomic mass is 16.5. The second kappa shape index (κ2) is 6.34. The van der Waals surface area contributed by atoms with Crippen molar-refractivity contribution in [1.82, 2.24) is 0 Å². The summed E-state index contributed by atoms with van der Waals surface area (Å²) in [5.41, 5.74) is 1.02. The number of carbonyl (C=O) groups is 3. The Morgan fingerprint density at radius 1 is 1.22 bits per heavy atom. The van der Waals surface area contributed by atoms with E-state index in [1.165, 1.54) is 18.1 Å². The van der Waals surface area contributed by atoms with Gasteiger partial charge in [-0.25, -0.2) is 4.79 Å². The molecule has 1 amide bonds. The molecule has 0 fully saturated rings. The second-order valence-electron chi connectivity index (χ2n) is 3.43. The summed E-state index contributed by atoms with van der Waals surface area (Å²) in [7, 11) is 2.88. The first kappa shape index (κ1) is 13.6. The molecule has 94 valence electrons. The first-order valence-corrected chi connectivity index (χ1v) is 5.18. The van der Waals surface area contributed by atoms with Crippen molar-refractivity contribution in [3.8, 4) is 0 Å². The molecule has 0 aliphatic carbocycles. The van der Waals surface area contributed by atoms with Crippen LogP contribution in [0.3, 0.4) is 0 Å². The summed E-state index contributed by atoms with van der Waals surface area (Å²) in [5.74, 6) is -0.760. The quantitative estimate of drug-likeness (QED) is 0.455. The number of hydrogen-bond acceptors (Lipinski definition) is 4. The van der Waals surface area contributed by atoms with Crippen molar-refractivity contribution in [3.05, 3.63) is 42.0 Å². The number of rotatable bonds is 4. The fourth-order valence-electron chi connectivity index (χ4n) is 1.30. The van der Waals surface area contributed by atoms with Gasteiger partial charge in [0.25, 0.3) is 5.91 Å². The number of aldehydes is 1. The van der Waals surface area contributed by atoms with Gasteiger partial charge in [-0.15, -0.1) is 0 Å². The Bertz CT molecular complexity index is 476. The number of allylic oxidation sites excluding steroid dienone is 1. The Labute approximate surface area is 105 Å². The highest BCUT2D eigenvalue weighted by Gasteiger charge is 2.09. The maximum Gasteiger partial charge on any atom is 0.337 e. The lowest BCUT2D eigenvalue weighted by Crippen LogP contribution is -2.24. The molecule has 1 aromatic carbocycles.